The van der Waals surface area contributed by atoms with E-state index in [-0.39, 0.29) is 16.1 Å². The van der Waals surface area contributed by atoms with E-state index in [1.807, 2.05) is 0 Å². The van der Waals surface area contributed by atoms with Gasteiger partial charge in [-0.3, -0.25) is 4.68 Å². The van der Waals surface area contributed by atoms with Crippen molar-refractivity contribution in [3.05, 3.63) is 11.2 Å². The van der Waals surface area contributed by atoms with Gasteiger partial charge in [0, 0.05) is 25.0 Å². The Balaban J connectivity index is 2.40. The second-order valence-corrected chi connectivity index (χ2v) is 6.96. The molecule has 0 atom stereocenters. The summed E-state index contributed by atoms with van der Waals surface area (Å²) in [6.07, 6.45) is 3.19. The van der Waals surface area contributed by atoms with Crippen molar-refractivity contribution in [2.75, 3.05) is 11.9 Å². The van der Waals surface area contributed by atoms with Crippen LogP contribution in [0.15, 0.2) is 11.2 Å². The SMILES string of the molecule is Cn1ncc(Cl)c1S(=O)(=O)N(CCBr)C1CC1. The van der Waals surface area contributed by atoms with Gasteiger partial charge in [-0.25, -0.2) is 8.42 Å². The molecule has 1 aliphatic carbocycles. The lowest BCUT2D eigenvalue weighted by atomic mass is 10.6. The molecule has 0 bridgehead atoms. The number of nitrogens with zero attached hydrogens (tertiary/aromatic N) is 3. The van der Waals surface area contributed by atoms with Crippen molar-refractivity contribution in [1.29, 1.82) is 0 Å². The zero-order chi connectivity index (χ0) is 12.6. The topological polar surface area (TPSA) is 55.2 Å². The van der Waals surface area contributed by atoms with Crippen LogP contribution in [0, 0.1) is 0 Å². The molecule has 0 saturated heterocycles. The molecule has 1 aliphatic rings. The first-order valence-electron chi connectivity index (χ1n) is 5.23. The molecular formula is C9H13BrClN3O2S. The molecule has 1 saturated carbocycles. The monoisotopic (exact) mass is 341 g/mol. The lowest BCUT2D eigenvalue weighted by molar-refractivity contribution is 0.417. The highest BCUT2D eigenvalue weighted by Crippen LogP contribution is 2.33. The zero-order valence-corrected chi connectivity index (χ0v) is 12.5. The van der Waals surface area contributed by atoms with Crippen LogP contribution in [0.4, 0.5) is 0 Å². The van der Waals surface area contributed by atoms with Crippen molar-refractivity contribution in [2.24, 2.45) is 7.05 Å². The maximum absolute atomic E-state index is 12.5. The van der Waals surface area contributed by atoms with Crippen molar-refractivity contribution < 1.29 is 8.42 Å². The molecule has 1 aromatic heterocycles. The van der Waals surface area contributed by atoms with Gasteiger partial charge in [0.05, 0.1) is 11.2 Å². The molecule has 5 nitrogen and oxygen atoms in total. The van der Waals surface area contributed by atoms with Crippen molar-refractivity contribution >= 4 is 37.6 Å². The average Bonchev–Trinajstić information content (AvgIpc) is 3.01. The summed E-state index contributed by atoms with van der Waals surface area (Å²) in [5, 5.41) is 4.73. The number of alkyl halides is 1. The predicted octanol–water partition coefficient (Wildman–Crippen LogP) is 1.62. The molecule has 0 aromatic carbocycles. The Labute approximate surface area is 114 Å². The quantitative estimate of drug-likeness (QED) is 0.764. The Bertz CT molecular complexity index is 493. The lowest BCUT2D eigenvalue weighted by Crippen LogP contribution is -2.35. The van der Waals surface area contributed by atoms with Crippen LogP contribution in [0.3, 0.4) is 0 Å². The largest absolute Gasteiger partial charge is 0.262 e. The van der Waals surface area contributed by atoms with Gasteiger partial charge in [-0.1, -0.05) is 27.5 Å². The van der Waals surface area contributed by atoms with Crippen LogP contribution >= 0.6 is 27.5 Å². The van der Waals surface area contributed by atoms with Gasteiger partial charge in [0.2, 0.25) is 0 Å². The standard InChI is InChI=1S/C9H13BrClN3O2S/c1-13-9(8(11)6-12-13)17(15,16)14(5-4-10)7-2-3-7/h6-7H,2-5H2,1H3. The molecule has 96 valence electrons. The van der Waals surface area contributed by atoms with Crippen LogP contribution < -0.4 is 0 Å². The van der Waals surface area contributed by atoms with Crippen LogP contribution in [-0.4, -0.2) is 40.4 Å². The van der Waals surface area contributed by atoms with Gasteiger partial charge >= 0.3 is 0 Å². The molecule has 8 heteroatoms. The molecule has 0 aliphatic heterocycles. The highest BCUT2D eigenvalue weighted by Gasteiger charge is 2.39. The predicted molar refractivity (Wildman–Crippen MR) is 68.9 cm³/mol. The number of aromatic nitrogens is 2. The molecule has 1 heterocycles. The number of sulfonamides is 1. The number of hydrogen-bond donors (Lipinski definition) is 0. The first-order valence-corrected chi connectivity index (χ1v) is 8.17. The minimum Gasteiger partial charge on any atom is -0.255 e. The van der Waals surface area contributed by atoms with Crippen LogP contribution in [0.1, 0.15) is 12.8 Å². The summed E-state index contributed by atoms with van der Waals surface area (Å²) in [6, 6.07) is 0.114. The van der Waals surface area contributed by atoms with E-state index in [1.54, 1.807) is 7.05 Å². The van der Waals surface area contributed by atoms with E-state index in [1.165, 1.54) is 15.2 Å². The number of halogens is 2. The fourth-order valence-corrected chi connectivity index (χ4v) is 4.66. The molecule has 0 radical (unpaired) electrons. The third kappa shape index (κ3) is 2.52. The number of rotatable bonds is 5. The Morgan fingerprint density at radius 3 is 2.71 bits per heavy atom. The van der Waals surface area contributed by atoms with Crippen LogP contribution in [0.25, 0.3) is 0 Å². The van der Waals surface area contributed by atoms with Crippen LogP contribution in [0.5, 0.6) is 0 Å². The highest BCUT2D eigenvalue weighted by atomic mass is 79.9. The Morgan fingerprint density at radius 2 is 2.29 bits per heavy atom. The summed E-state index contributed by atoms with van der Waals surface area (Å²) in [6.45, 7) is 0.453. The van der Waals surface area contributed by atoms with E-state index < -0.39 is 10.0 Å². The van der Waals surface area contributed by atoms with Crippen LogP contribution in [0.2, 0.25) is 5.02 Å². The van der Waals surface area contributed by atoms with Gasteiger partial charge in [-0.05, 0) is 12.8 Å². The summed E-state index contributed by atoms with van der Waals surface area (Å²) in [7, 11) is -1.96. The molecule has 0 spiro atoms. The van der Waals surface area contributed by atoms with Gasteiger partial charge in [0.15, 0.2) is 5.03 Å². The average molecular weight is 343 g/mol. The molecule has 2 rings (SSSR count). The van der Waals surface area contributed by atoms with E-state index in [0.29, 0.717) is 11.9 Å². The summed E-state index contributed by atoms with van der Waals surface area (Å²) in [4.78, 5) is 0. The third-order valence-electron chi connectivity index (χ3n) is 2.65. The Kier molecular flexibility index (Phi) is 3.82. The van der Waals surface area contributed by atoms with Crippen molar-refractivity contribution in [3.8, 4) is 0 Å². The molecule has 1 aromatic rings. The van der Waals surface area contributed by atoms with Gasteiger partial charge in [0.1, 0.15) is 0 Å². The fraction of sp³-hybridized carbons (Fsp3) is 0.667. The summed E-state index contributed by atoms with van der Waals surface area (Å²) < 4.78 is 27.7. The summed E-state index contributed by atoms with van der Waals surface area (Å²) in [5.41, 5.74) is 0. The van der Waals surface area contributed by atoms with Crippen molar-refractivity contribution in [1.82, 2.24) is 14.1 Å². The van der Waals surface area contributed by atoms with Crippen molar-refractivity contribution in [3.63, 3.8) is 0 Å². The highest BCUT2D eigenvalue weighted by molar-refractivity contribution is 9.09. The second-order valence-electron chi connectivity index (χ2n) is 3.96. The maximum atomic E-state index is 12.5. The van der Waals surface area contributed by atoms with E-state index in [2.05, 4.69) is 21.0 Å². The van der Waals surface area contributed by atoms with Crippen molar-refractivity contribution in [2.45, 2.75) is 23.9 Å². The summed E-state index contributed by atoms with van der Waals surface area (Å²) in [5.74, 6) is 0. The molecule has 0 N–H and O–H groups in total. The van der Waals surface area contributed by atoms with Gasteiger partial charge in [0.25, 0.3) is 10.0 Å². The third-order valence-corrected chi connectivity index (χ3v) is 5.47. The van der Waals surface area contributed by atoms with Gasteiger partial charge < -0.3 is 0 Å². The maximum Gasteiger partial charge on any atom is 0.262 e. The molecule has 0 amide bonds. The minimum atomic E-state index is -3.55. The van der Waals surface area contributed by atoms with E-state index in [4.69, 9.17) is 11.6 Å². The number of hydrogen-bond acceptors (Lipinski definition) is 3. The second kappa shape index (κ2) is 4.87. The van der Waals surface area contributed by atoms with E-state index >= 15 is 0 Å². The number of aryl methyl sites for hydroxylation is 1. The molecule has 17 heavy (non-hydrogen) atoms. The first kappa shape index (κ1) is 13.3. The Morgan fingerprint density at radius 1 is 1.65 bits per heavy atom. The zero-order valence-electron chi connectivity index (χ0n) is 9.31. The summed E-state index contributed by atoms with van der Waals surface area (Å²) >= 11 is 9.18. The van der Waals surface area contributed by atoms with Gasteiger partial charge in [-0.2, -0.15) is 9.40 Å². The van der Waals surface area contributed by atoms with Crippen LogP contribution in [-0.2, 0) is 17.1 Å². The molecule has 0 unspecified atom stereocenters. The normalized spacial score (nSPS) is 16.7. The fourth-order valence-electron chi connectivity index (χ4n) is 1.75. The van der Waals surface area contributed by atoms with E-state index in [0.717, 1.165) is 12.8 Å². The first-order chi connectivity index (χ1) is 7.98. The van der Waals surface area contributed by atoms with Gasteiger partial charge in [-0.15, -0.1) is 0 Å². The Hall–Kier alpha value is -0.110. The smallest absolute Gasteiger partial charge is 0.255 e. The molecular weight excluding hydrogens is 330 g/mol. The molecule has 1 fully saturated rings. The lowest BCUT2D eigenvalue weighted by Gasteiger charge is -2.20. The van der Waals surface area contributed by atoms with E-state index in [9.17, 15) is 8.42 Å². The minimum absolute atomic E-state index is 0.0759.